The minimum Gasteiger partial charge on any atom is -0.463 e. The maximum Gasteiger partial charge on any atom is 0.374 e. The number of methoxy groups -OCH3 is 1. The molecule has 0 spiro atoms. The van der Waals surface area contributed by atoms with Gasteiger partial charge >= 0.3 is 5.97 Å². The first-order valence-electron chi connectivity index (χ1n) is 9.84. The van der Waals surface area contributed by atoms with Crippen LogP contribution < -0.4 is 10.2 Å². The van der Waals surface area contributed by atoms with E-state index in [9.17, 15) is 23.6 Å². The van der Waals surface area contributed by atoms with Crippen LogP contribution in [0.25, 0.3) is 0 Å². The van der Waals surface area contributed by atoms with Crippen molar-refractivity contribution in [3.05, 3.63) is 53.1 Å². The summed E-state index contributed by atoms with van der Waals surface area (Å²) in [7, 11) is 1.05. The second-order valence-electron chi connectivity index (χ2n) is 7.12. The van der Waals surface area contributed by atoms with E-state index in [-0.39, 0.29) is 16.8 Å². The maximum absolute atomic E-state index is 14.2. The van der Waals surface area contributed by atoms with Crippen molar-refractivity contribution in [3.63, 3.8) is 0 Å². The van der Waals surface area contributed by atoms with E-state index in [4.69, 9.17) is 4.74 Å². The molecule has 1 aromatic heterocycles. The lowest BCUT2D eigenvalue weighted by atomic mass is 10.0. The fourth-order valence-corrected chi connectivity index (χ4v) is 3.22. The molecule has 1 saturated heterocycles. The zero-order valence-corrected chi connectivity index (χ0v) is 17.6. The Morgan fingerprint density at radius 1 is 1.16 bits per heavy atom. The fourth-order valence-electron chi connectivity index (χ4n) is 3.22. The van der Waals surface area contributed by atoms with Gasteiger partial charge in [-0.15, -0.1) is 0 Å². The molecule has 0 bridgehead atoms. The highest BCUT2D eigenvalue weighted by Gasteiger charge is 2.22. The average molecular weight is 443 g/mol. The first-order chi connectivity index (χ1) is 15.3. The second kappa shape index (κ2) is 10.1. The summed E-state index contributed by atoms with van der Waals surface area (Å²) in [5.41, 5.74) is 1.25. The summed E-state index contributed by atoms with van der Waals surface area (Å²) >= 11 is 0. The van der Waals surface area contributed by atoms with Gasteiger partial charge in [0.15, 0.2) is 5.78 Å². The molecule has 168 valence electrons. The van der Waals surface area contributed by atoms with Gasteiger partial charge in [0.25, 0.3) is 5.91 Å². The molecule has 3 rings (SSSR count). The van der Waals surface area contributed by atoms with E-state index in [0.717, 1.165) is 13.2 Å². The van der Waals surface area contributed by atoms with Crippen LogP contribution in [0.4, 0.5) is 15.8 Å². The number of nitrogens with zero attached hydrogens (tertiary/aromatic N) is 2. The van der Waals surface area contributed by atoms with Crippen LogP contribution in [-0.4, -0.2) is 61.8 Å². The number of pyridine rings is 1. The molecule has 2 heterocycles. The molecule has 1 N–H and O–H groups in total. The molecule has 10 heteroatoms. The highest BCUT2D eigenvalue weighted by Crippen LogP contribution is 2.21. The number of carbonyl (C=O) groups excluding carboxylic acids is 4. The fraction of sp³-hybridized carbons (Fsp3) is 0.318. The van der Waals surface area contributed by atoms with Gasteiger partial charge in [-0.3, -0.25) is 19.4 Å². The molecular formula is C22H22FN3O6. The molecule has 1 amide bonds. The van der Waals surface area contributed by atoms with Gasteiger partial charge in [0.1, 0.15) is 5.82 Å². The molecule has 0 saturated carbocycles. The SMILES string of the molecule is COC(=O)C(=O)CC(=O)c1cc(NC(=O)c2cc(F)cc(N3CCOCC3)c2)cnc1C. The van der Waals surface area contributed by atoms with Gasteiger partial charge in [0.2, 0.25) is 5.78 Å². The lowest BCUT2D eigenvalue weighted by Crippen LogP contribution is -2.36. The van der Waals surface area contributed by atoms with Crippen LogP contribution in [-0.2, 0) is 19.1 Å². The number of benzene rings is 1. The van der Waals surface area contributed by atoms with Crippen LogP contribution in [0.15, 0.2) is 30.5 Å². The summed E-state index contributed by atoms with van der Waals surface area (Å²) in [6, 6.07) is 5.40. The second-order valence-corrected chi connectivity index (χ2v) is 7.12. The Morgan fingerprint density at radius 3 is 2.56 bits per heavy atom. The molecule has 0 unspecified atom stereocenters. The van der Waals surface area contributed by atoms with Gasteiger partial charge in [-0.1, -0.05) is 0 Å². The maximum atomic E-state index is 14.2. The predicted molar refractivity (Wildman–Crippen MR) is 112 cm³/mol. The molecule has 1 aliphatic rings. The molecule has 9 nitrogen and oxygen atoms in total. The third-order valence-electron chi connectivity index (χ3n) is 4.90. The van der Waals surface area contributed by atoms with Crippen molar-refractivity contribution < 1.29 is 33.0 Å². The first-order valence-corrected chi connectivity index (χ1v) is 9.84. The third-order valence-corrected chi connectivity index (χ3v) is 4.90. The van der Waals surface area contributed by atoms with E-state index >= 15 is 0 Å². The number of rotatable bonds is 7. The van der Waals surface area contributed by atoms with Gasteiger partial charge in [-0.05, 0) is 31.2 Å². The van der Waals surface area contributed by atoms with Crippen molar-refractivity contribution in [3.8, 4) is 0 Å². The summed E-state index contributed by atoms with van der Waals surface area (Å²) in [6.07, 6.45) is 0.660. The molecule has 0 radical (unpaired) electrons. The summed E-state index contributed by atoms with van der Waals surface area (Å²) in [5.74, 6) is -3.88. The molecule has 1 aromatic carbocycles. The predicted octanol–water partition coefficient (Wildman–Crippen LogP) is 1.93. The Balaban J connectivity index is 1.77. The Kier molecular flexibility index (Phi) is 7.26. The van der Waals surface area contributed by atoms with Crippen LogP contribution in [0, 0.1) is 12.7 Å². The number of amides is 1. The van der Waals surface area contributed by atoms with Crippen molar-refractivity contribution in [2.45, 2.75) is 13.3 Å². The molecule has 1 fully saturated rings. The lowest BCUT2D eigenvalue weighted by Gasteiger charge is -2.29. The highest BCUT2D eigenvalue weighted by molar-refractivity contribution is 6.38. The molecule has 32 heavy (non-hydrogen) atoms. The topological polar surface area (TPSA) is 115 Å². The number of Topliss-reactive ketones (excluding diaryl/α,β-unsaturated/α-hetero) is 2. The van der Waals surface area contributed by atoms with Crippen LogP contribution in [0.1, 0.15) is 32.8 Å². The van der Waals surface area contributed by atoms with Crippen molar-refractivity contribution in [2.24, 2.45) is 0 Å². The number of hydrogen-bond acceptors (Lipinski definition) is 8. The van der Waals surface area contributed by atoms with E-state index < -0.39 is 35.7 Å². The van der Waals surface area contributed by atoms with Gasteiger partial charge < -0.3 is 19.7 Å². The van der Waals surface area contributed by atoms with Crippen LogP contribution in [0.3, 0.4) is 0 Å². The number of esters is 1. The van der Waals surface area contributed by atoms with Gasteiger partial charge in [0.05, 0.1) is 38.6 Å². The van der Waals surface area contributed by atoms with E-state index in [2.05, 4.69) is 15.0 Å². The average Bonchev–Trinajstić information content (AvgIpc) is 2.79. The number of aromatic nitrogens is 1. The summed E-state index contributed by atoms with van der Waals surface area (Å²) < 4.78 is 23.8. The van der Waals surface area contributed by atoms with Crippen LogP contribution in [0.5, 0.6) is 0 Å². The van der Waals surface area contributed by atoms with E-state index in [1.165, 1.54) is 18.3 Å². The summed E-state index contributed by atoms with van der Waals surface area (Å²) in [5, 5.41) is 2.59. The number of nitrogens with one attached hydrogen (secondary N) is 1. The molecule has 0 atom stereocenters. The molecule has 1 aliphatic heterocycles. The standard InChI is InChI=1S/C22H22FN3O6/c1-13-18(19(27)11-20(28)22(30)31-2)10-16(12-24-13)25-21(29)14-7-15(23)9-17(8-14)26-3-5-32-6-4-26/h7-10,12H,3-6,11H2,1-2H3,(H,25,29). The molecule has 2 aromatic rings. The quantitative estimate of drug-likeness (QED) is 0.299. The van der Waals surface area contributed by atoms with Crippen molar-refractivity contribution in [2.75, 3.05) is 43.6 Å². The normalized spacial score (nSPS) is 13.4. The third kappa shape index (κ3) is 5.52. The number of carbonyl (C=O) groups is 4. The summed E-state index contributed by atoms with van der Waals surface area (Å²) in [6.45, 7) is 3.76. The van der Waals surface area contributed by atoms with Gasteiger partial charge in [-0.2, -0.15) is 0 Å². The van der Waals surface area contributed by atoms with Gasteiger partial charge in [-0.25, -0.2) is 9.18 Å². The van der Waals surface area contributed by atoms with Crippen molar-refractivity contribution >= 4 is 34.8 Å². The minimum absolute atomic E-state index is 0.0771. The zero-order valence-electron chi connectivity index (χ0n) is 17.6. The van der Waals surface area contributed by atoms with Gasteiger partial charge in [0, 0.05) is 35.6 Å². The number of anilines is 2. The number of ether oxygens (including phenoxy) is 2. The monoisotopic (exact) mass is 443 g/mol. The Bertz CT molecular complexity index is 1070. The Morgan fingerprint density at radius 2 is 1.88 bits per heavy atom. The smallest absolute Gasteiger partial charge is 0.374 e. The number of morpholine rings is 1. The molecule has 0 aliphatic carbocycles. The van der Waals surface area contributed by atoms with Crippen LogP contribution >= 0.6 is 0 Å². The lowest BCUT2D eigenvalue weighted by molar-refractivity contribution is -0.151. The minimum atomic E-state index is -1.12. The van der Waals surface area contributed by atoms with Crippen molar-refractivity contribution in [1.29, 1.82) is 0 Å². The number of halogens is 1. The highest BCUT2D eigenvalue weighted by atomic mass is 19.1. The van der Waals surface area contributed by atoms with Crippen molar-refractivity contribution in [1.82, 2.24) is 4.98 Å². The molecular weight excluding hydrogens is 421 g/mol. The Hall–Kier alpha value is -3.66. The zero-order chi connectivity index (χ0) is 23.3. The van der Waals surface area contributed by atoms with E-state index in [1.54, 1.807) is 13.0 Å². The van der Waals surface area contributed by atoms with E-state index in [0.29, 0.717) is 37.7 Å². The van der Waals surface area contributed by atoms with E-state index in [1.807, 2.05) is 4.90 Å². The number of ketones is 2. The number of hydrogen-bond donors (Lipinski definition) is 1. The largest absolute Gasteiger partial charge is 0.463 e. The number of aryl methyl sites for hydroxylation is 1. The summed E-state index contributed by atoms with van der Waals surface area (Å²) in [4.78, 5) is 54.1. The Labute approximate surface area is 183 Å². The first kappa shape index (κ1) is 23.0. The van der Waals surface area contributed by atoms with Crippen LogP contribution in [0.2, 0.25) is 0 Å².